The molecule has 0 aliphatic rings. The van der Waals surface area contributed by atoms with Gasteiger partial charge in [-0.1, -0.05) is 32.6 Å². The Kier molecular flexibility index (Phi) is 20.7. The van der Waals surface area contributed by atoms with Crippen molar-refractivity contribution < 1.29 is 64.7 Å². The Morgan fingerprint density at radius 2 is 0.902 bits per heavy atom. The molecule has 1 aromatic rings. The Balaban J connectivity index is 1.87. The van der Waals surface area contributed by atoms with Crippen LogP contribution in [0.2, 0.25) is 0 Å². The van der Waals surface area contributed by atoms with E-state index in [4.69, 9.17) is 28.4 Å². The molecule has 14 heteroatoms. The van der Waals surface area contributed by atoms with Gasteiger partial charge in [-0.15, -0.1) is 0 Å². The van der Waals surface area contributed by atoms with Crippen LogP contribution in [-0.2, 0) is 38.0 Å². The Labute approximate surface area is 236 Å². The average Bonchev–Trinajstić information content (AvgIpc) is 2.96. The molecule has 0 fully saturated rings. The van der Waals surface area contributed by atoms with Gasteiger partial charge >= 0.3 is 11.9 Å². The predicted octanol–water partition coefficient (Wildman–Crippen LogP) is 4.66. The van der Waals surface area contributed by atoms with E-state index in [2.05, 4.69) is 11.7 Å². The highest BCUT2D eigenvalue weighted by Gasteiger charge is 2.28. The van der Waals surface area contributed by atoms with Gasteiger partial charge in [0.15, 0.2) is 0 Å². The highest BCUT2D eigenvalue weighted by molar-refractivity contribution is 5.72. The largest absolute Gasteiger partial charge is 0.463 e. The number of hydrogen-bond acceptors (Lipinski definition) is 9. The van der Waals surface area contributed by atoms with Gasteiger partial charge in [0, 0.05) is 6.42 Å². The number of carbonyl (C=O) groups is 2. The summed E-state index contributed by atoms with van der Waals surface area (Å²) in [4.78, 5) is 23.2. The van der Waals surface area contributed by atoms with Crippen molar-refractivity contribution in [2.24, 2.45) is 0 Å². The minimum absolute atomic E-state index is 0.0805. The molecule has 0 bridgehead atoms. The van der Waals surface area contributed by atoms with Crippen molar-refractivity contribution in [1.82, 2.24) is 0 Å². The molecule has 1 aromatic carbocycles. The molecular weight excluding hydrogens is 563 g/mol. The summed E-state index contributed by atoms with van der Waals surface area (Å²) in [6.45, 7) is 4.72. The van der Waals surface area contributed by atoms with Gasteiger partial charge in [-0.25, -0.2) is 13.2 Å². The first kappa shape index (κ1) is 36.6. The Bertz CT molecular complexity index is 860. The van der Waals surface area contributed by atoms with Crippen LogP contribution in [0.1, 0.15) is 51.9 Å². The van der Waals surface area contributed by atoms with Gasteiger partial charge in [0.25, 0.3) is 0 Å². The second-order valence-electron chi connectivity index (χ2n) is 8.57. The van der Waals surface area contributed by atoms with Crippen LogP contribution in [0.5, 0.6) is 5.75 Å². The summed E-state index contributed by atoms with van der Waals surface area (Å²) in [6, 6.07) is 0. The molecule has 0 amide bonds. The van der Waals surface area contributed by atoms with E-state index in [-0.39, 0.29) is 39.0 Å². The van der Waals surface area contributed by atoms with Crippen molar-refractivity contribution >= 4 is 11.9 Å². The van der Waals surface area contributed by atoms with E-state index in [1.165, 1.54) is 12.8 Å². The standard InChI is InChI=1S/C27H39F5O9/c1-2-3-4-5-6-7-20(33)40-19-18-39-17-16-38-15-14-37-13-12-36-11-10-35-9-8-21(34)41-27-25(31)23(29)22(28)24(30)26(27)32/h2-19H2,1H3. The monoisotopic (exact) mass is 602 g/mol. The van der Waals surface area contributed by atoms with E-state index >= 15 is 0 Å². The molecule has 0 atom stereocenters. The van der Waals surface area contributed by atoms with Crippen LogP contribution in [-0.4, -0.2) is 84.6 Å². The van der Waals surface area contributed by atoms with Crippen molar-refractivity contribution in [3.8, 4) is 5.75 Å². The van der Waals surface area contributed by atoms with E-state index in [0.717, 1.165) is 19.3 Å². The van der Waals surface area contributed by atoms with Crippen molar-refractivity contribution in [2.45, 2.75) is 51.9 Å². The SMILES string of the molecule is CCCCCCCC(=O)OCCOCCOCCOCCOCCOCCC(=O)Oc1c(F)c(F)c(F)c(F)c1F. The molecular formula is C27H39F5O9. The smallest absolute Gasteiger partial charge is 0.313 e. The number of unbranched alkanes of at least 4 members (excludes halogenated alkanes) is 4. The van der Waals surface area contributed by atoms with Crippen molar-refractivity contribution in [3.05, 3.63) is 29.1 Å². The number of carbonyl (C=O) groups excluding carboxylic acids is 2. The first-order valence-corrected chi connectivity index (χ1v) is 13.6. The second kappa shape index (κ2) is 23.2. The number of halogens is 5. The molecule has 9 nitrogen and oxygen atoms in total. The summed E-state index contributed by atoms with van der Waals surface area (Å²) >= 11 is 0. The summed E-state index contributed by atoms with van der Waals surface area (Å²) in [7, 11) is 0. The Morgan fingerprint density at radius 3 is 1.39 bits per heavy atom. The molecule has 0 radical (unpaired) electrons. The molecule has 0 spiro atoms. The lowest BCUT2D eigenvalue weighted by atomic mass is 10.1. The van der Waals surface area contributed by atoms with Crippen LogP contribution in [0.4, 0.5) is 22.0 Å². The fourth-order valence-corrected chi connectivity index (χ4v) is 3.14. The summed E-state index contributed by atoms with van der Waals surface area (Å²) in [5, 5.41) is 0. The zero-order valence-electron chi connectivity index (χ0n) is 23.3. The third-order valence-electron chi connectivity index (χ3n) is 5.30. The third kappa shape index (κ3) is 16.6. The lowest BCUT2D eigenvalue weighted by molar-refractivity contribution is -0.145. The van der Waals surface area contributed by atoms with Crippen LogP contribution in [0.3, 0.4) is 0 Å². The highest BCUT2D eigenvalue weighted by atomic mass is 19.2. The van der Waals surface area contributed by atoms with E-state index in [1.807, 2.05) is 0 Å². The fraction of sp³-hybridized carbons (Fsp3) is 0.704. The molecule has 0 saturated heterocycles. The van der Waals surface area contributed by atoms with Gasteiger partial charge < -0.3 is 33.2 Å². The average molecular weight is 603 g/mol. The van der Waals surface area contributed by atoms with E-state index in [0.29, 0.717) is 46.1 Å². The molecule has 41 heavy (non-hydrogen) atoms. The van der Waals surface area contributed by atoms with Crippen molar-refractivity contribution in [1.29, 1.82) is 0 Å². The summed E-state index contributed by atoms with van der Waals surface area (Å²) in [5.41, 5.74) is 0. The third-order valence-corrected chi connectivity index (χ3v) is 5.30. The normalized spacial score (nSPS) is 11.2. The quantitative estimate of drug-likeness (QED) is 0.0395. The number of esters is 2. The lowest BCUT2D eigenvalue weighted by Gasteiger charge is -2.09. The second-order valence-corrected chi connectivity index (χ2v) is 8.57. The zero-order valence-corrected chi connectivity index (χ0v) is 23.3. The maximum Gasteiger partial charge on any atom is 0.313 e. The van der Waals surface area contributed by atoms with E-state index in [1.54, 1.807) is 0 Å². The first-order chi connectivity index (χ1) is 19.8. The number of ether oxygens (including phenoxy) is 7. The fourth-order valence-electron chi connectivity index (χ4n) is 3.14. The van der Waals surface area contributed by atoms with E-state index < -0.39 is 47.2 Å². The Hall–Kier alpha value is -2.39. The predicted molar refractivity (Wildman–Crippen MR) is 135 cm³/mol. The number of rotatable bonds is 25. The number of hydrogen-bond donors (Lipinski definition) is 0. The maximum absolute atomic E-state index is 13.5. The van der Waals surface area contributed by atoms with Crippen LogP contribution in [0.25, 0.3) is 0 Å². The molecule has 0 aliphatic heterocycles. The van der Waals surface area contributed by atoms with E-state index in [9.17, 15) is 31.5 Å². The van der Waals surface area contributed by atoms with Gasteiger partial charge in [0.1, 0.15) is 6.61 Å². The van der Waals surface area contributed by atoms with Crippen molar-refractivity contribution in [2.75, 3.05) is 72.7 Å². The van der Waals surface area contributed by atoms with Gasteiger partial charge in [0.2, 0.25) is 34.8 Å². The van der Waals surface area contributed by atoms with Gasteiger partial charge in [0.05, 0.1) is 72.5 Å². The summed E-state index contributed by atoms with van der Waals surface area (Å²) < 4.78 is 102. The lowest BCUT2D eigenvalue weighted by Crippen LogP contribution is -2.16. The maximum atomic E-state index is 13.5. The van der Waals surface area contributed by atoms with Gasteiger partial charge in [-0.2, -0.15) is 8.78 Å². The van der Waals surface area contributed by atoms with Gasteiger partial charge in [-0.05, 0) is 6.42 Å². The zero-order chi connectivity index (χ0) is 30.3. The summed E-state index contributed by atoms with van der Waals surface area (Å²) in [5.74, 6) is -14.3. The molecule has 0 aromatic heterocycles. The molecule has 0 aliphatic carbocycles. The molecule has 0 saturated carbocycles. The minimum atomic E-state index is -2.35. The van der Waals surface area contributed by atoms with Crippen LogP contribution in [0.15, 0.2) is 0 Å². The molecule has 0 unspecified atom stereocenters. The minimum Gasteiger partial charge on any atom is -0.463 e. The topological polar surface area (TPSA) is 98.8 Å². The Morgan fingerprint density at radius 1 is 0.488 bits per heavy atom. The number of benzene rings is 1. The first-order valence-electron chi connectivity index (χ1n) is 13.6. The molecule has 0 heterocycles. The molecule has 0 N–H and O–H groups in total. The molecule has 236 valence electrons. The molecule has 1 rings (SSSR count). The van der Waals surface area contributed by atoms with Gasteiger partial charge in [-0.3, -0.25) is 9.59 Å². The summed E-state index contributed by atoms with van der Waals surface area (Å²) in [6.07, 6.45) is 5.34. The van der Waals surface area contributed by atoms with Crippen molar-refractivity contribution in [3.63, 3.8) is 0 Å². The van der Waals surface area contributed by atoms with Crippen LogP contribution in [0, 0.1) is 29.1 Å². The van der Waals surface area contributed by atoms with Crippen LogP contribution >= 0.6 is 0 Å². The highest BCUT2D eigenvalue weighted by Crippen LogP contribution is 2.29. The van der Waals surface area contributed by atoms with Crippen LogP contribution < -0.4 is 4.74 Å².